The first-order chi connectivity index (χ1) is 13.3. The van der Waals surface area contributed by atoms with E-state index in [2.05, 4.69) is 4.98 Å². The topological polar surface area (TPSA) is 94.8 Å². The van der Waals surface area contributed by atoms with Crippen LogP contribution in [0.5, 0.6) is 11.5 Å². The Morgan fingerprint density at radius 1 is 1.14 bits per heavy atom. The van der Waals surface area contributed by atoms with Gasteiger partial charge in [0.05, 0.1) is 31.4 Å². The smallest absolute Gasteiger partial charge is 0.265 e. The monoisotopic (exact) mass is 383 g/mol. The fourth-order valence-corrected chi connectivity index (χ4v) is 3.46. The third kappa shape index (κ3) is 3.33. The number of nitrogens with two attached hydrogens (primary N) is 1. The minimum absolute atomic E-state index is 0.222. The summed E-state index contributed by atoms with van der Waals surface area (Å²) in [7, 11) is 2.93. The minimum atomic E-state index is -0.789. The van der Waals surface area contributed by atoms with Gasteiger partial charge in [-0.3, -0.25) is 19.5 Å². The average Bonchev–Trinajstić information content (AvgIpc) is 2.96. The van der Waals surface area contributed by atoms with E-state index in [4.69, 9.17) is 15.2 Å². The average molecular weight is 383 g/mol. The van der Waals surface area contributed by atoms with Crippen LogP contribution in [0.3, 0.4) is 0 Å². The van der Waals surface area contributed by atoms with E-state index in [-0.39, 0.29) is 17.2 Å². The molecule has 2 aromatic rings. The van der Waals surface area contributed by atoms with Gasteiger partial charge in [0.25, 0.3) is 11.8 Å². The number of aryl methyl sites for hydroxylation is 1. The van der Waals surface area contributed by atoms with Crippen LogP contribution in [0.2, 0.25) is 0 Å². The molecule has 2 N–H and O–H groups in total. The number of nitrogens with zero attached hydrogens (tertiary/aromatic N) is 2. The lowest BCUT2D eigenvalue weighted by Crippen LogP contribution is -2.57. The molecule has 0 radical (unpaired) electrons. The second-order valence-electron chi connectivity index (χ2n) is 7.21. The Bertz CT molecular complexity index is 896. The number of fused-ring (bicyclic) bond motifs is 1. The molecule has 1 aliphatic heterocycles. The van der Waals surface area contributed by atoms with Crippen molar-refractivity contribution >= 4 is 11.8 Å². The Balaban J connectivity index is 1.86. The summed E-state index contributed by atoms with van der Waals surface area (Å²) in [4.78, 5) is 31.6. The number of hydrogen-bond donors (Lipinski definition) is 1. The number of methoxy groups -OCH3 is 2. The van der Waals surface area contributed by atoms with Crippen molar-refractivity contribution in [3.63, 3.8) is 0 Å². The zero-order valence-electron chi connectivity index (χ0n) is 16.6. The van der Waals surface area contributed by atoms with Crippen molar-refractivity contribution in [1.29, 1.82) is 0 Å². The third-order valence-corrected chi connectivity index (χ3v) is 5.42. The molecule has 2 heterocycles. The second kappa shape index (κ2) is 7.59. The van der Waals surface area contributed by atoms with Gasteiger partial charge in [0.15, 0.2) is 11.5 Å². The van der Waals surface area contributed by atoms with Crippen molar-refractivity contribution < 1.29 is 19.1 Å². The molecule has 2 amide bonds. The lowest BCUT2D eigenvalue weighted by molar-refractivity contribution is 0.0521. The van der Waals surface area contributed by atoms with Crippen LogP contribution >= 0.6 is 0 Å². The molecule has 0 spiro atoms. The molecule has 0 saturated carbocycles. The van der Waals surface area contributed by atoms with Crippen molar-refractivity contribution in [2.45, 2.75) is 38.3 Å². The first-order valence-corrected chi connectivity index (χ1v) is 9.13. The predicted molar refractivity (Wildman–Crippen MR) is 105 cm³/mol. The summed E-state index contributed by atoms with van der Waals surface area (Å²) in [6.07, 6.45) is 2.95. The first kappa shape index (κ1) is 19.8. The van der Waals surface area contributed by atoms with E-state index in [9.17, 15) is 9.59 Å². The van der Waals surface area contributed by atoms with Gasteiger partial charge in [0.1, 0.15) is 0 Å². The maximum atomic E-state index is 13.1. The summed E-state index contributed by atoms with van der Waals surface area (Å²) in [6, 6.07) is 8.40. The number of imide groups is 1. The third-order valence-electron chi connectivity index (χ3n) is 5.42. The van der Waals surface area contributed by atoms with Gasteiger partial charge in [-0.25, -0.2) is 0 Å². The number of aromatic nitrogens is 1. The highest BCUT2D eigenvalue weighted by molar-refractivity contribution is 6.23. The highest BCUT2D eigenvalue weighted by atomic mass is 16.5. The Labute approximate surface area is 164 Å². The standard InChI is InChI=1S/C21H25N3O4/c1-13(21(2,22)11-10-14-7-5-6-12-23-14)24-19(25)15-8-9-16(27-3)18(28-4)17(15)20(24)26/h5-9,12-13H,10-11,22H2,1-4H3. The summed E-state index contributed by atoms with van der Waals surface area (Å²) in [5, 5.41) is 0. The first-order valence-electron chi connectivity index (χ1n) is 9.13. The summed E-state index contributed by atoms with van der Waals surface area (Å²) in [5.74, 6) is -0.122. The summed E-state index contributed by atoms with van der Waals surface area (Å²) >= 11 is 0. The number of benzene rings is 1. The van der Waals surface area contributed by atoms with Crippen LogP contribution in [0.25, 0.3) is 0 Å². The molecule has 148 valence electrons. The summed E-state index contributed by atoms with van der Waals surface area (Å²) in [5.41, 5.74) is 7.19. The van der Waals surface area contributed by atoms with Gasteiger partial charge >= 0.3 is 0 Å². The van der Waals surface area contributed by atoms with Gasteiger partial charge in [0, 0.05) is 17.4 Å². The molecule has 7 heteroatoms. The molecule has 0 bridgehead atoms. The molecule has 28 heavy (non-hydrogen) atoms. The largest absolute Gasteiger partial charge is 0.493 e. The molecule has 0 fully saturated rings. The van der Waals surface area contributed by atoms with Crippen LogP contribution in [0, 0.1) is 0 Å². The normalized spacial score (nSPS) is 16.5. The number of pyridine rings is 1. The fourth-order valence-electron chi connectivity index (χ4n) is 3.46. The molecule has 1 aromatic carbocycles. The number of carbonyl (C=O) groups is 2. The van der Waals surface area contributed by atoms with Gasteiger partial charge < -0.3 is 15.2 Å². The number of hydrogen-bond acceptors (Lipinski definition) is 6. The molecule has 1 aliphatic rings. The highest BCUT2D eigenvalue weighted by Crippen LogP contribution is 2.39. The van der Waals surface area contributed by atoms with E-state index in [0.29, 0.717) is 24.2 Å². The lowest BCUT2D eigenvalue weighted by atomic mass is 9.87. The van der Waals surface area contributed by atoms with E-state index in [1.807, 2.05) is 25.1 Å². The quantitative estimate of drug-likeness (QED) is 0.738. The van der Waals surface area contributed by atoms with E-state index in [1.54, 1.807) is 25.3 Å². The van der Waals surface area contributed by atoms with Crippen molar-refractivity contribution in [3.8, 4) is 11.5 Å². The Kier molecular flexibility index (Phi) is 5.38. The van der Waals surface area contributed by atoms with Crippen molar-refractivity contribution in [2.75, 3.05) is 14.2 Å². The minimum Gasteiger partial charge on any atom is -0.493 e. The van der Waals surface area contributed by atoms with E-state index >= 15 is 0 Å². The fraction of sp³-hybridized carbons (Fsp3) is 0.381. The molecule has 0 saturated heterocycles. The Morgan fingerprint density at radius 3 is 2.50 bits per heavy atom. The number of amides is 2. The van der Waals surface area contributed by atoms with E-state index in [0.717, 1.165) is 5.69 Å². The van der Waals surface area contributed by atoms with Crippen LogP contribution in [-0.4, -0.2) is 47.5 Å². The maximum absolute atomic E-state index is 13.1. The summed E-state index contributed by atoms with van der Waals surface area (Å²) in [6.45, 7) is 3.64. The lowest BCUT2D eigenvalue weighted by Gasteiger charge is -2.36. The molecule has 0 aliphatic carbocycles. The zero-order chi connectivity index (χ0) is 20.5. The molecule has 1 aromatic heterocycles. The van der Waals surface area contributed by atoms with Crippen LogP contribution in [-0.2, 0) is 6.42 Å². The van der Waals surface area contributed by atoms with Crippen molar-refractivity contribution in [2.24, 2.45) is 5.73 Å². The maximum Gasteiger partial charge on any atom is 0.265 e. The van der Waals surface area contributed by atoms with Gasteiger partial charge in [-0.1, -0.05) is 6.07 Å². The van der Waals surface area contributed by atoms with Crippen LogP contribution in [0.1, 0.15) is 46.7 Å². The Morgan fingerprint density at radius 2 is 1.89 bits per heavy atom. The van der Waals surface area contributed by atoms with Gasteiger partial charge in [-0.2, -0.15) is 0 Å². The van der Waals surface area contributed by atoms with Crippen LogP contribution in [0.4, 0.5) is 0 Å². The molecule has 2 atom stereocenters. The van der Waals surface area contributed by atoms with Crippen molar-refractivity contribution in [3.05, 3.63) is 53.3 Å². The van der Waals surface area contributed by atoms with E-state index in [1.165, 1.54) is 19.1 Å². The molecule has 3 rings (SSSR count). The van der Waals surface area contributed by atoms with Gasteiger partial charge in [-0.15, -0.1) is 0 Å². The number of ether oxygens (including phenoxy) is 2. The van der Waals surface area contributed by atoms with Gasteiger partial charge in [-0.05, 0) is 51.0 Å². The Hall–Kier alpha value is -2.93. The molecular weight excluding hydrogens is 358 g/mol. The van der Waals surface area contributed by atoms with Crippen LogP contribution < -0.4 is 15.2 Å². The number of carbonyl (C=O) groups excluding carboxylic acids is 2. The SMILES string of the molecule is COc1ccc2c(c1OC)C(=O)N(C(C)C(C)(N)CCc1ccccn1)C2=O. The van der Waals surface area contributed by atoms with Crippen LogP contribution in [0.15, 0.2) is 36.5 Å². The zero-order valence-corrected chi connectivity index (χ0v) is 16.6. The van der Waals surface area contributed by atoms with E-state index < -0.39 is 17.5 Å². The predicted octanol–water partition coefficient (Wildman–Crippen LogP) is 2.43. The summed E-state index contributed by atoms with van der Waals surface area (Å²) < 4.78 is 10.6. The van der Waals surface area contributed by atoms with Crippen molar-refractivity contribution in [1.82, 2.24) is 9.88 Å². The number of rotatable bonds is 7. The highest BCUT2D eigenvalue weighted by Gasteiger charge is 2.45. The van der Waals surface area contributed by atoms with Gasteiger partial charge in [0.2, 0.25) is 0 Å². The molecule has 2 unspecified atom stereocenters. The molecule has 7 nitrogen and oxygen atoms in total. The second-order valence-corrected chi connectivity index (χ2v) is 7.21. The molecular formula is C21H25N3O4.